The van der Waals surface area contributed by atoms with Crippen LogP contribution in [0.5, 0.6) is 11.5 Å². The molecule has 0 saturated carbocycles. The number of nitrogens with one attached hydrogen (secondary N) is 2. The van der Waals surface area contributed by atoms with Crippen molar-refractivity contribution >= 4 is 29.2 Å². The number of carbonyl (C=O) groups excluding carboxylic acids is 1. The van der Waals surface area contributed by atoms with Crippen molar-refractivity contribution in [1.29, 1.82) is 0 Å². The molecule has 2 saturated heterocycles. The highest BCUT2D eigenvalue weighted by atomic mass is 32.2. The number of hydrogen-bond donors (Lipinski definition) is 2. The van der Waals surface area contributed by atoms with Gasteiger partial charge in [-0.15, -0.1) is 17.5 Å². The molecule has 1 spiro atoms. The second kappa shape index (κ2) is 11.8. The molecule has 214 valence electrons. The quantitative estimate of drug-likeness (QED) is 0.483. The number of hydrogen-bond acceptors (Lipinski definition) is 7. The van der Waals surface area contributed by atoms with Gasteiger partial charge in [-0.3, -0.25) is 9.79 Å². The molecule has 1 amide bonds. The number of alkyl halides is 3. The zero-order valence-electron chi connectivity index (χ0n) is 22.0. The predicted molar refractivity (Wildman–Crippen MR) is 146 cm³/mol. The van der Waals surface area contributed by atoms with E-state index in [9.17, 15) is 22.5 Å². The number of piperidine rings is 2. The Kier molecular flexibility index (Phi) is 8.41. The third-order valence-electron chi connectivity index (χ3n) is 7.32. The van der Waals surface area contributed by atoms with Crippen LogP contribution in [0.25, 0.3) is 6.08 Å². The van der Waals surface area contributed by atoms with Gasteiger partial charge in [0.15, 0.2) is 0 Å². The third-order valence-corrected chi connectivity index (χ3v) is 8.56. The molecular weight excluding hydrogens is 545 g/mol. The van der Waals surface area contributed by atoms with E-state index in [2.05, 4.69) is 20.4 Å². The maximum atomic E-state index is 13.0. The summed E-state index contributed by atoms with van der Waals surface area (Å²) in [5.41, 5.74) is 1.25. The summed E-state index contributed by atoms with van der Waals surface area (Å²) in [4.78, 5) is 17.4. The van der Waals surface area contributed by atoms with Crippen molar-refractivity contribution in [3.8, 4) is 11.5 Å². The Labute approximate surface area is 233 Å². The average Bonchev–Trinajstić information content (AvgIpc) is 3.23. The van der Waals surface area contributed by atoms with Crippen LogP contribution in [0.4, 0.5) is 13.2 Å². The number of amides is 1. The fourth-order valence-corrected chi connectivity index (χ4v) is 6.08. The number of benzene rings is 2. The lowest BCUT2D eigenvalue weighted by molar-refractivity contribution is -0.274. The molecule has 2 fully saturated rings. The highest BCUT2D eigenvalue weighted by Gasteiger charge is 2.47. The van der Waals surface area contributed by atoms with Crippen LogP contribution in [-0.4, -0.2) is 64.8 Å². The smallest absolute Gasteiger partial charge is 0.573 e. The Morgan fingerprint density at radius 1 is 1.12 bits per heavy atom. The van der Waals surface area contributed by atoms with Crippen LogP contribution in [0.3, 0.4) is 0 Å². The fourth-order valence-electron chi connectivity index (χ4n) is 5.10. The van der Waals surface area contributed by atoms with Gasteiger partial charge in [0.25, 0.3) is 5.91 Å². The maximum Gasteiger partial charge on any atom is 0.573 e. The Bertz CT molecular complexity index is 1290. The second-order valence-corrected chi connectivity index (χ2v) is 11.5. The number of carbonyl (C=O) groups is 1. The van der Waals surface area contributed by atoms with Crippen molar-refractivity contribution < 1.29 is 32.0 Å². The highest BCUT2D eigenvalue weighted by molar-refractivity contribution is 7.92. The van der Waals surface area contributed by atoms with Gasteiger partial charge in [-0.25, -0.2) is 0 Å². The molecule has 8 nitrogen and oxygen atoms in total. The third kappa shape index (κ3) is 6.80. The van der Waals surface area contributed by atoms with E-state index in [1.807, 2.05) is 31.2 Å². The first-order valence-electron chi connectivity index (χ1n) is 13.2. The van der Waals surface area contributed by atoms with E-state index in [1.54, 1.807) is 15.8 Å². The predicted octanol–water partition coefficient (Wildman–Crippen LogP) is 4.07. The molecule has 3 aliphatic heterocycles. The molecule has 5 rings (SSSR count). The minimum absolute atomic E-state index is 0.204. The van der Waals surface area contributed by atoms with E-state index >= 15 is 0 Å². The SMILES string of the molecule is Cc1cc(OC2CCNCC2)ccc1/C=C/[S@+]([O-])N1CCC2(CC1)N=C(c1cccc(OC(F)(F)F)c1)NC2=O. The number of aliphatic imine (C=N–C) groups is 1. The lowest BCUT2D eigenvalue weighted by Crippen LogP contribution is -2.50. The van der Waals surface area contributed by atoms with Gasteiger partial charge in [0, 0.05) is 18.7 Å². The Morgan fingerprint density at radius 3 is 2.58 bits per heavy atom. The van der Waals surface area contributed by atoms with Gasteiger partial charge in [0.05, 0.1) is 11.4 Å². The normalized spacial score (nSPS) is 20.9. The Morgan fingerprint density at radius 2 is 1.88 bits per heavy atom. The molecule has 2 N–H and O–H groups in total. The summed E-state index contributed by atoms with van der Waals surface area (Å²) in [6.45, 7) is 4.66. The Balaban J connectivity index is 1.18. The van der Waals surface area contributed by atoms with E-state index in [0.29, 0.717) is 31.5 Å². The number of aryl methyl sites for hydroxylation is 1. The van der Waals surface area contributed by atoms with Crippen molar-refractivity contribution in [2.24, 2.45) is 4.99 Å². The minimum atomic E-state index is -4.82. The molecule has 0 bridgehead atoms. The molecule has 0 aromatic heterocycles. The van der Waals surface area contributed by atoms with E-state index in [1.165, 1.54) is 18.2 Å². The molecule has 0 radical (unpaired) electrons. The van der Waals surface area contributed by atoms with Crippen molar-refractivity contribution in [2.75, 3.05) is 26.2 Å². The van der Waals surface area contributed by atoms with Crippen molar-refractivity contribution in [1.82, 2.24) is 14.9 Å². The summed E-state index contributed by atoms with van der Waals surface area (Å²) in [5.74, 6) is 0.334. The van der Waals surface area contributed by atoms with E-state index in [4.69, 9.17) is 4.74 Å². The average molecular weight is 577 g/mol. The van der Waals surface area contributed by atoms with Crippen molar-refractivity contribution in [3.05, 3.63) is 64.6 Å². The van der Waals surface area contributed by atoms with Gasteiger partial charge in [0.2, 0.25) is 0 Å². The lowest BCUT2D eigenvalue weighted by atomic mass is 9.89. The van der Waals surface area contributed by atoms with Gasteiger partial charge >= 0.3 is 6.36 Å². The van der Waals surface area contributed by atoms with Gasteiger partial charge in [-0.05, 0) is 87.2 Å². The summed E-state index contributed by atoms with van der Waals surface area (Å²) in [5, 5.41) is 7.67. The summed E-state index contributed by atoms with van der Waals surface area (Å²) < 4.78 is 62.7. The molecule has 40 heavy (non-hydrogen) atoms. The second-order valence-electron chi connectivity index (χ2n) is 10.1. The first kappa shape index (κ1) is 28.5. The number of ether oxygens (including phenoxy) is 2. The van der Waals surface area contributed by atoms with Gasteiger partial charge in [-0.1, -0.05) is 18.2 Å². The minimum Gasteiger partial charge on any atom is -0.593 e. The summed E-state index contributed by atoms with van der Waals surface area (Å²) in [7, 11) is 0. The number of rotatable bonds is 7. The molecule has 0 unspecified atom stereocenters. The van der Waals surface area contributed by atoms with E-state index in [-0.39, 0.29) is 23.6 Å². The van der Waals surface area contributed by atoms with Crippen LogP contribution in [0, 0.1) is 6.92 Å². The van der Waals surface area contributed by atoms with Crippen molar-refractivity contribution in [2.45, 2.75) is 50.6 Å². The van der Waals surface area contributed by atoms with Crippen LogP contribution >= 0.6 is 0 Å². The van der Waals surface area contributed by atoms with E-state index in [0.717, 1.165) is 42.8 Å². The van der Waals surface area contributed by atoms with Crippen LogP contribution in [0.1, 0.15) is 42.4 Å². The molecular formula is C28H31F3N4O4S. The first-order chi connectivity index (χ1) is 19.1. The van der Waals surface area contributed by atoms with Gasteiger partial charge in [-0.2, -0.15) is 0 Å². The highest BCUT2D eigenvalue weighted by Crippen LogP contribution is 2.33. The monoisotopic (exact) mass is 576 g/mol. The maximum absolute atomic E-state index is 13.0. The van der Waals surface area contributed by atoms with Crippen LogP contribution < -0.4 is 20.1 Å². The molecule has 3 heterocycles. The van der Waals surface area contributed by atoms with E-state index < -0.39 is 23.3 Å². The fraction of sp³-hybridized carbons (Fsp3) is 0.429. The van der Waals surface area contributed by atoms with Gasteiger partial charge < -0.3 is 24.7 Å². The van der Waals surface area contributed by atoms with Crippen LogP contribution in [0.15, 0.2) is 52.9 Å². The topological polar surface area (TPSA) is 98.2 Å². The number of halogens is 3. The molecule has 12 heteroatoms. The van der Waals surface area contributed by atoms with Crippen molar-refractivity contribution in [3.63, 3.8) is 0 Å². The zero-order chi connectivity index (χ0) is 28.3. The molecule has 2 aromatic carbocycles. The summed E-state index contributed by atoms with van der Waals surface area (Å²) in [6.07, 6.45) is -0.137. The largest absolute Gasteiger partial charge is 0.593 e. The first-order valence-corrected chi connectivity index (χ1v) is 14.4. The number of amidine groups is 1. The molecule has 0 aliphatic carbocycles. The Hall–Kier alpha value is -3.06. The van der Waals surface area contributed by atoms with Crippen LogP contribution in [0.2, 0.25) is 0 Å². The molecule has 1 atom stereocenters. The standard InChI is InChI=1S/C28H31F3N4O4S/c1-19-17-23(38-22-7-12-32-13-8-22)6-5-20(19)9-16-40(37)35-14-10-27(11-15-35)26(36)33-25(34-27)21-3-2-4-24(18-21)39-28(29,30)31/h2-6,9,16-18,22,32H,7-8,10-15H2,1H3,(H,33,34,36)/b16-9+/t40-/m0/s1. The lowest BCUT2D eigenvalue weighted by Gasteiger charge is -2.34. The number of nitrogens with zero attached hydrogens (tertiary/aromatic N) is 2. The summed E-state index contributed by atoms with van der Waals surface area (Å²) in [6, 6.07) is 11.2. The van der Waals surface area contributed by atoms with Crippen LogP contribution in [-0.2, 0) is 16.2 Å². The zero-order valence-corrected chi connectivity index (χ0v) is 22.8. The molecule has 3 aliphatic rings. The van der Waals surface area contributed by atoms with Gasteiger partial charge in [0.1, 0.15) is 34.4 Å². The summed E-state index contributed by atoms with van der Waals surface area (Å²) >= 11 is -1.40. The molecule has 2 aromatic rings.